The lowest BCUT2D eigenvalue weighted by Crippen LogP contribution is -2.37. The second kappa shape index (κ2) is 10.8. The first-order chi connectivity index (χ1) is 13.1. The van der Waals surface area contributed by atoms with E-state index in [2.05, 4.69) is 12.2 Å². The minimum absolute atomic E-state index is 0.0109. The van der Waals surface area contributed by atoms with Crippen LogP contribution in [0.1, 0.15) is 62.7 Å². The maximum atomic E-state index is 12.5. The van der Waals surface area contributed by atoms with Crippen LogP contribution in [-0.2, 0) is 4.79 Å². The minimum Gasteiger partial charge on any atom is -0.490 e. The highest BCUT2D eigenvalue weighted by molar-refractivity contribution is 5.94. The third-order valence-electron chi connectivity index (χ3n) is 5.01. The smallest absolute Gasteiger partial charge is 0.306 e. The SMILES string of the molecule is CCCCOc1ccc(C(=O)NC[C@@H]2CCCC[C@@H]2C(=O)O)cc1OCC. The molecule has 1 aliphatic rings. The van der Waals surface area contributed by atoms with E-state index < -0.39 is 5.97 Å². The van der Waals surface area contributed by atoms with Crippen molar-refractivity contribution in [3.05, 3.63) is 23.8 Å². The highest BCUT2D eigenvalue weighted by Gasteiger charge is 2.30. The van der Waals surface area contributed by atoms with E-state index in [4.69, 9.17) is 9.47 Å². The lowest BCUT2D eigenvalue weighted by molar-refractivity contribution is -0.144. The largest absolute Gasteiger partial charge is 0.490 e. The normalized spacial score (nSPS) is 19.3. The van der Waals surface area contributed by atoms with Gasteiger partial charge in [-0.1, -0.05) is 26.2 Å². The molecule has 1 fully saturated rings. The van der Waals surface area contributed by atoms with Crippen LogP contribution in [0, 0.1) is 11.8 Å². The Morgan fingerprint density at radius 2 is 1.93 bits per heavy atom. The molecule has 2 N–H and O–H groups in total. The maximum absolute atomic E-state index is 12.5. The van der Waals surface area contributed by atoms with Gasteiger partial charge in [0.15, 0.2) is 11.5 Å². The molecule has 0 saturated heterocycles. The molecule has 1 saturated carbocycles. The van der Waals surface area contributed by atoms with Crippen LogP contribution in [0.5, 0.6) is 11.5 Å². The first-order valence-corrected chi connectivity index (χ1v) is 9.97. The molecule has 150 valence electrons. The number of hydrogen-bond donors (Lipinski definition) is 2. The number of aliphatic carboxylic acids is 1. The number of carbonyl (C=O) groups excluding carboxylic acids is 1. The molecule has 1 aromatic carbocycles. The quantitative estimate of drug-likeness (QED) is 0.604. The van der Waals surface area contributed by atoms with Crippen molar-refractivity contribution in [2.45, 2.75) is 52.4 Å². The van der Waals surface area contributed by atoms with Crippen LogP contribution in [0.15, 0.2) is 18.2 Å². The molecule has 1 amide bonds. The van der Waals surface area contributed by atoms with E-state index in [-0.39, 0.29) is 17.7 Å². The van der Waals surface area contributed by atoms with Crippen molar-refractivity contribution >= 4 is 11.9 Å². The molecule has 2 rings (SSSR count). The molecule has 0 bridgehead atoms. The second-order valence-electron chi connectivity index (χ2n) is 7.00. The Morgan fingerprint density at radius 1 is 1.15 bits per heavy atom. The Labute approximate surface area is 161 Å². The first kappa shape index (κ1) is 21.1. The van der Waals surface area contributed by atoms with Crippen molar-refractivity contribution in [3.63, 3.8) is 0 Å². The first-order valence-electron chi connectivity index (χ1n) is 9.97. The van der Waals surface area contributed by atoms with Crippen molar-refractivity contribution in [2.75, 3.05) is 19.8 Å². The molecule has 1 aliphatic carbocycles. The summed E-state index contributed by atoms with van der Waals surface area (Å²) in [5.74, 6) is -0.162. The molecule has 0 unspecified atom stereocenters. The second-order valence-corrected chi connectivity index (χ2v) is 7.00. The summed E-state index contributed by atoms with van der Waals surface area (Å²) in [4.78, 5) is 23.9. The van der Waals surface area contributed by atoms with E-state index in [1.54, 1.807) is 18.2 Å². The van der Waals surface area contributed by atoms with Gasteiger partial charge in [0.1, 0.15) is 0 Å². The van der Waals surface area contributed by atoms with E-state index >= 15 is 0 Å². The Morgan fingerprint density at radius 3 is 2.63 bits per heavy atom. The average Bonchev–Trinajstić information content (AvgIpc) is 2.67. The van der Waals surface area contributed by atoms with Gasteiger partial charge in [-0.05, 0) is 50.3 Å². The van der Waals surface area contributed by atoms with Gasteiger partial charge in [0, 0.05) is 12.1 Å². The monoisotopic (exact) mass is 377 g/mol. The molecule has 6 heteroatoms. The number of rotatable bonds is 10. The summed E-state index contributed by atoms with van der Waals surface area (Å²) in [6.45, 7) is 5.46. The molecule has 0 radical (unpaired) electrons. The number of benzene rings is 1. The summed E-state index contributed by atoms with van der Waals surface area (Å²) in [5, 5.41) is 12.3. The summed E-state index contributed by atoms with van der Waals surface area (Å²) in [5.41, 5.74) is 0.490. The van der Waals surface area contributed by atoms with Crippen molar-refractivity contribution in [2.24, 2.45) is 11.8 Å². The Balaban J connectivity index is 2.00. The fraction of sp³-hybridized carbons (Fsp3) is 0.619. The molecule has 0 aromatic heterocycles. The maximum Gasteiger partial charge on any atom is 0.306 e. The van der Waals surface area contributed by atoms with Gasteiger partial charge in [0.05, 0.1) is 19.1 Å². The number of ether oxygens (including phenoxy) is 2. The molecule has 0 heterocycles. The van der Waals surface area contributed by atoms with Crippen molar-refractivity contribution in [1.29, 1.82) is 0 Å². The van der Waals surface area contributed by atoms with Crippen LogP contribution in [-0.4, -0.2) is 36.7 Å². The van der Waals surface area contributed by atoms with Gasteiger partial charge >= 0.3 is 5.97 Å². The molecule has 27 heavy (non-hydrogen) atoms. The fourth-order valence-corrected chi connectivity index (χ4v) is 3.47. The van der Waals surface area contributed by atoms with Gasteiger partial charge in [-0.25, -0.2) is 0 Å². The third kappa shape index (κ3) is 6.15. The number of unbranched alkanes of at least 4 members (excludes halogenated alkanes) is 1. The summed E-state index contributed by atoms with van der Waals surface area (Å²) in [6.07, 6.45) is 5.49. The van der Waals surface area contributed by atoms with Crippen LogP contribution in [0.25, 0.3) is 0 Å². The summed E-state index contributed by atoms with van der Waals surface area (Å²) in [7, 11) is 0. The zero-order chi connectivity index (χ0) is 19.6. The molecule has 1 aromatic rings. The van der Waals surface area contributed by atoms with E-state index in [9.17, 15) is 14.7 Å². The van der Waals surface area contributed by atoms with Gasteiger partial charge < -0.3 is 19.9 Å². The molecule has 0 aliphatic heterocycles. The van der Waals surface area contributed by atoms with Gasteiger partial charge in [0.2, 0.25) is 0 Å². The van der Waals surface area contributed by atoms with E-state index in [0.29, 0.717) is 43.2 Å². The highest BCUT2D eigenvalue weighted by Crippen LogP contribution is 2.31. The molecule has 2 atom stereocenters. The minimum atomic E-state index is -0.763. The zero-order valence-corrected chi connectivity index (χ0v) is 16.3. The predicted molar refractivity (Wildman–Crippen MR) is 103 cm³/mol. The van der Waals surface area contributed by atoms with Crippen molar-refractivity contribution in [3.8, 4) is 11.5 Å². The number of amides is 1. The van der Waals surface area contributed by atoms with Gasteiger partial charge in [-0.2, -0.15) is 0 Å². The fourth-order valence-electron chi connectivity index (χ4n) is 3.47. The summed E-state index contributed by atoms with van der Waals surface area (Å²) >= 11 is 0. The molecular weight excluding hydrogens is 346 g/mol. The van der Waals surface area contributed by atoms with Gasteiger partial charge in [-0.3, -0.25) is 9.59 Å². The van der Waals surface area contributed by atoms with E-state index in [0.717, 1.165) is 32.1 Å². The van der Waals surface area contributed by atoms with Crippen molar-refractivity contribution < 1.29 is 24.2 Å². The Hall–Kier alpha value is -2.24. The Kier molecular flexibility index (Phi) is 8.43. The van der Waals surface area contributed by atoms with Crippen LogP contribution in [0.3, 0.4) is 0 Å². The number of carboxylic acid groups (broad SMARTS) is 1. The van der Waals surface area contributed by atoms with Crippen molar-refractivity contribution in [1.82, 2.24) is 5.32 Å². The molecular formula is C21H31NO5. The van der Waals surface area contributed by atoms with E-state index in [1.165, 1.54) is 0 Å². The lowest BCUT2D eigenvalue weighted by Gasteiger charge is -2.28. The number of carbonyl (C=O) groups is 2. The Bertz CT molecular complexity index is 631. The number of carboxylic acids is 1. The molecule has 6 nitrogen and oxygen atoms in total. The standard InChI is InChI=1S/C21H31NO5/c1-3-5-12-27-18-11-10-15(13-19(18)26-4-2)20(23)22-14-16-8-6-7-9-17(16)21(24)25/h10-11,13,16-17H,3-9,12,14H2,1-2H3,(H,22,23)(H,24,25)/t16-,17-/m0/s1. The van der Waals surface area contributed by atoms with Crippen LogP contribution < -0.4 is 14.8 Å². The number of hydrogen-bond acceptors (Lipinski definition) is 4. The van der Waals surface area contributed by atoms with Crippen LogP contribution in [0.4, 0.5) is 0 Å². The zero-order valence-electron chi connectivity index (χ0n) is 16.3. The predicted octanol–water partition coefficient (Wildman–Crippen LogP) is 3.89. The average molecular weight is 377 g/mol. The molecule has 0 spiro atoms. The van der Waals surface area contributed by atoms with Gasteiger partial charge in [-0.15, -0.1) is 0 Å². The number of nitrogens with one attached hydrogen (secondary N) is 1. The van der Waals surface area contributed by atoms with Gasteiger partial charge in [0.25, 0.3) is 5.91 Å². The summed E-state index contributed by atoms with van der Waals surface area (Å²) < 4.78 is 11.4. The highest BCUT2D eigenvalue weighted by atomic mass is 16.5. The lowest BCUT2D eigenvalue weighted by atomic mass is 9.79. The van der Waals surface area contributed by atoms with E-state index in [1.807, 2.05) is 6.92 Å². The topological polar surface area (TPSA) is 84.9 Å². The third-order valence-corrected chi connectivity index (χ3v) is 5.01. The summed E-state index contributed by atoms with van der Waals surface area (Å²) in [6, 6.07) is 5.17. The van der Waals surface area contributed by atoms with Crippen LogP contribution in [0.2, 0.25) is 0 Å². The van der Waals surface area contributed by atoms with Crippen LogP contribution >= 0.6 is 0 Å².